The van der Waals surface area contributed by atoms with E-state index in [-0.39, 0.29) is 12.2 Å². The SMILES string of the molecule is CNc1ccc(C(=O)NCc2ccc(F)c(F)c2)nn1. The molecular formula is C13H12F2N4O. The van der Waals surface area contributed by atoms with Crippen molar-refractivity contribution in [2.45, 2.75) is 6.54 Å². The summed E-state index contributed by atoms with van der Waals surface area (Å²) in [6.07, 6.45) is 0. The third kappa shape index (κ3) is 3.25. The van der Waals surface area contributed by atoms with Crippen LogP contribution in [0.4, 0.5) is 14.6 Å². The number of aromatic nitrogens is 2. The van der Waals surface area contributed by atoms with Crippen LogP contribution in [0.3, 0.4) is 0 Å². The molecule has 1 heterocycles. The summed E-state index contributed by atoms with van der Waals surface area (Å²) >= 11 is 0. The van der Waals surface area contributed by atoms with E-state index in [1.54, 1.807) is 13.1 Å². The van der Waals surface area contributed by atoms with Gasteiger partial charge in [0.25, 0.3) is 5.91 Å². The van der Waals surface area contributed by atoms with E-state index in [2.05, 4.69) is 20.8 Å². The maximum Gasteiger partial charge on any atom is 0.272 e. The smallest absolute Gasteiger partial charge is 0.272 e. The highest BCUT2D eigenvalue weighted by Crippen LogP contribution is 2.08. The zero-order chi connectivity index (χ0) is 14.5. The molecule has 104 valence electrons. The highest BCUT2D eigenvalue weighted by Gasteiger charge is 2.08. The molecule has 7 heteroatoms. The number of halogens is 2. The maximum absolute atomic E-state index is 13.0. The number of nitrogens with one attached hydrogen (secondary N) is 2. The fourth-order valence-electron chi connectivity index (χ4n) is 1.51. The molecule has 0 unspecified atom stereocenters. The molecule has 2 N–H and O–H groups in total. The predicted molar refractivity (Wildman–Crippen MR) is 69.1 cm³/mol. The van der Waals surface area contributed by atoms with Gasteiger partial charge in [0.15, 0.2) is 17.3 Å². The highest BCUT2D eigenvalue weighted by molar-refractivity contribution is 5.92. The Kier molecular flexibility index (Phi) is 4.19. The molecule has 2 rings (SSSR count). The first-order chi connectivity index (χ1) is 9.60. The van der Waals surface area contributed by atoms with Gasteiger partial charge in [0.1, 0.15) is 5.82 Å². The molecule has 0 bridgehead atoms. The van der Waals surface area contributed by atoms with Crippen LogP contribution in [0.5, 0.6) is 0 Å². The van der Waals surface area contributed by atoms with E-state index in [9.17, 15) is 13.6 Å². The van der Waals surface area contributed by atoms with Crippen LogP contribution in [0.15, 0.2) is 30.3 Å². The topological polar surface area (TPSA) is 66.9 Å². The van der Waals surface area contributed by atoms with Gasteiger partial charge < -0.3 is 10.6 Å². The second-order valence-electron chi connectivity index (χ2n) is 3.98. The first kappa shape index (κ1) is 13.9. The number of anilines is 1. The lowest BCUT2D eigenvalue weighted by molar-refractivity contribution is 0.0945. The van der Waals surface area contributed by atoms with E-state index >= 15 is 0 Å². The van der Waals surface area contributed by atoms with Crippen LogP contribution in [0.25, 0.3) is 0 Å². The summed E-state index contributed by atoms with van der Waals surface area (Å²) in [7, 11) is 1.69. The molecule has 0 saturated carbocycles. The van der Waals surface area contributed by atoms with Crippen LogP contribution in [0.1, 0.15) is 16.1 Å². The molecule has 1 amide bonds. The Morgan fingerprint density at radius 1 is 1.15 bits per heavy atom. The van der Waals surface area contributed by atoms with Crippen molar-refractivity contribution in [2.24, 2.45) is 0 Å². The minimum atomic E-state index is -0.949. The highest BCUT2D eigenvalue weighted by atomic mass is 19.2. The average Bonchev–Trinajstić information content (AvgIpc) is 2.48. The number of carbonyl (C=O) groups is 1. The van der Waals surface area contributed by atoms with Crippen LogP contribution in [-0.2, 0) is 6.54 Å². The van der Waals surface area contributed by atoms with Crippen LogP contribution in [-0.4, -0.2) is 23.2 Å². The van der Waals surface area contributed by atoms with E-state index < -0.39 is 17.5 Å². The minimum absolute atomic E-state index is 0.0749. The van der Waals surface area contributed by atoms with E-state index in [1.165, 1.54) is 12.1 Å². The van der Waals surface area contributed by atoms with Crippen LogP contribution < -0.4 is 10.6 Å². The van der Waals surface area contributed by atoms with E-state index in [4.69, 9.17) is 0 Å². The van der Waals surface area contributed by atoms with Gasteiger partial charge in [0.05, 0.1) is 0 Å². The second kappa shape index (κ2) is 6.05. The van der Waals surface area contributed by atoms with Crippen LogP contribution in [0.2, 0.25) is 0 Å². The Labute approximate surface area is 114 Å². The molecule has 0 aliphatic carbocycles. The largest absolute Gasteiger partial charge is 0.372 e. The number of amides is 1. The Balaban J connectivity index is 1.98. The monoisotopic (exact) mass is 278 g/mol. The molecule has 0 aliphatic rings. The lowest BCUT2D eigenvalue weighted by Gasteiger charge is -2.05. The second-order valence-corrected chi connectivity index (χ2v) is 3.98. The summed E-state index contributed by atoms with van der Waals surface area (Å²) in [5, 5.41) is 12.8. The zero-order valence-electron chi connectivity index (χ0n) is 10.7. The van der Waals surface area contributed by atoms with Crippen LogP contribution >= 0.6 is 0 Å². The number of rotatable bonds is 4. The van der Waals surface area contributed by atoms with Gasteiger partial charge in [0.2, 0.25) is 0 Å². The van der Waals surface area contributed by atoms with Gasteiger partial charge in [-0.3, -0.25) is 4.79 Å². The molecule has 1 aromatic carbocycles. The molecule has 2 aromatic rings. The number of hydrogen-bond acceptors (Lipinski definition) is 4. The van der Waals surface area contributed by atoms with Crippen molar-refractivity contribution >= 4 is 11.7 Å². The molecule has 5 nitrogen and oxygen atoms in total. The number of benzene rings is 1. The Hall–Kier alpha value is -2.57. The van der Waals surface area contributed by atoms with Crippen molar-refractivity contribution < 1.29 is 13.6 Å². The normalized spacial score (nSPS) is 10.2. The van der Waals surface area contributed by atoms with Gasteiger partial charge in [-0.1, -0.05) is 6.07 Å². The Morgan fingerprint density at radius 3 is 2.55 bits per heavy atom. The summed E-state index contributed by atoms with van der Waals surface area (Å²) in [6.45, 7) is 0.0749. The fraction of sp³-hybridized carbons (Fsp3) is 0.154. The molecule has 0 spiro atoms. The molecule has 0 fully saturated rings. The number of carbonyl (C=O) groups excluding carboxylic acids is 1. The molecular weight excluding hydrogens is 266 g/mol. The van der Waals surface area contributed by atoms with Crippen molar-refractivity contribution in [3.05, 3.63) is 53.2 Å². The molecule has 0 saturated heterocycles. The lowest BCUT2D eigenvalue weighted by atomic mass is 10.2. The van der Waals surface area contributed by atoms with Gasteiger partial charge in [-0.25, -0.2) is 8.78 Å². The quantitative estimate of drug-likeness (QED) is 0.893. The average molecular weight is 278 g/mol. The summed E-state index contributed by atoms with van der Waals surface area (Å²) in [5.74, 6) is -1.77. The Bertz CT molecular complexity index is 616. The van der Waals surface area contributed by atoms with E-state index in [0.29, 0.717) is 11.4 Å². The van der Waals surface area contributed by atoms with Gasteiger partial charge in [-0.15, -0.1) is 10.2 Å². The van der Waals surface area contributed by atoms with Gasteiger partial charge in [-0.05, 0) is 29.8 Å². The number of nitrogens with zero attached hydrogens (tertiary/aromatic N) is 2. The third-order valence-corrected chi connectivity index (χ3v) is 2.59. The summed E-state index contributed by atoms with van der Waals surface area (Å²) in [4.78, 5) is 11.8. The zero-order valence-corrected chi connectivity index (χ0v) is 10.7. The van der Waals surface area contributed by atoms with Crippen molar-refractivity contribution in [3.8, 4) is 0 Å². The lowest BCUT2D eigenvalue weighted by Crippen LogP contribution is -2.24. The third-order valence-electron chi connectivity index (χ3n) is 2.59. The Morgan fingerprint density at radius 2 is 1.95 bits per heavy atom. The van der Waals surface area contributed by atoms with Gasteiger partial charge in [0, 0.05) is 13.6 Å². The molecule has 0 atom stereocenters. The van der Waals surface area contributed by atoms with Crippen LogP contribution in [0, 0.1) is 11.6 Å². The maximum atomic E-state index is 13.0. The van der Waals surface area contributed by atoms with Crippen molar-refractivity contribution in [2.75, 3.05) is 12.4 Å². The first-order valence-corrected chi connectivity index (χ1v) is 5.84. The summed E-state index contributed by atoms with van der Waals surface area (Å²) in [6, 6.07) is 6.57. The summed E-state index contributed by atoms with van der Waals surface area (Å²) < 4.78 is 25.7. The molecule has 0 radical (unpaired) electrons. The molecule has 0 aliphatic heterocycles. The number of hydrogen-bond donors (Lipinski definition) is 2. The van der Waals surface area contributed by atoms with Crippen molar-refractivity contribution in [1.82, 2.24) is 15.5 Å². The van der Waals surface area contributed by atoms with Gasteiger partial charge in [-0.2, -0.15) is 0 Å². The van der Waals surface area contributed by atoms with E-state index in [0.717, 1.165) is 12.1 Å². The predicted octanol–water partition coefficient (Wildman–Crippen LogP) is 1.73. The van der Waals surface area contributed by atoms with E-state index in [1.807, 2.05) is 0 Å². The van der Waals surface area contributed by atoms with Crippen molar-refractivity contribution in [1.29, 1.82) is 0 Å². The summed E-state index contributed by atoms with van der Waals surface area (Å²) in [5.41, 5.74) is 0.601. The van der Waals surface area contributed by atoms with Crippen molar-refractivity contribution in [3.63, 3.8) is 0 Å². The molecule has 1 aromatic heterocycles. The standard InChI is InChI=1S/C13H12F2N4O/c1-16-12-5-4-11(18-19-12)13(20)17-7-8-2-3-9(14)10(15)6-8/h2-6H,7H2,1H3,(H,16,19)(H,17,20). The fourth-order valence-corrected chi connectivity index (χ4v) is 1.51. The van der Waals surface area contributed by atoms with Gasteiger partial charge >= 0.3 is 0 Å². The molecule has 20 heavy (non-hydrogen) atoms. The first-order valence-electron chi connectivity index (χ1n) is 5.84. The minimum Gasteiger partial charge on any atom is -0.372 e.